The molecule has 3 aromatic heterocycles. The molecule has 0 bridgehead atoms. The van der Waals surface area contributed by atoms with Gasteiger partial charge in [0.05, 0.1) is 36.7 Å². The summed E-state index contributed by atoms with van der Waals surface area (Å²) in [6, 6.07) is 11.7. The standard InChI is InChI=1S/C24H22ClIN4O2/c1-28-15-20(19-12-18(13-27-24(19)28)29-6-8-32-9-7-29)17-4-5-30(23(31)11-17)14-16-2-3-21(25)22(26)10-16/h2-5,10-13,15H,6-9,14H2,1H3. The minimum atomic E-state index is -0.0400. The molecule has 0 N–H and O–H groups in total. The Morgan fingerprint density at radius 2 is 1.97 bits per heavy atom. The summed E-state index contributed by atoms with van der Waals surface area (Å²) < 4.78 is 10.2. The first-order chi connectivity index (χ1) is 15.5. The van der Waals surface area contributed by atoms with Gasteiger partial charge in [0.15, 0.2) is 0 Å². The van der Waals surface area contributed by atoms with Gasteiger partial charge in [-0.2, -0.15) is 0 Å². The summed E-state index contributed by atoms with van der Waals surface area (Å²) in [7, 11) is 1.98. The number of halogens is 2. The van der Waals surface area contributed by atoms with Gasteiger partial charge in [0.2, 0.25) is 0 Å². The number of morpholine rings is 1. The van der Waals surface area contributed by atoms with Crippen LogP contribution in [-0.4, -0.2) is 40.4 Å². The summed E-state index contributed by atoms with van der Waals surface area (Å²) in [6.07, 6.45) is 5.82. The normalized spacial score (nSPS) is 14.3. The van der Waals surface area contributed by atoms with Crippen molar-refractivity contribution in [2.45, 2.75) is 6.54 Å². The molecule has 32 heavy (non-hydrogen) atoms. The van der Waals surface area contributed by atoms with Crippen LogP contribution >= 0.6 is 34.2 Å². The van der Waals surface area contributed by atoms with Gasteiger partial charge in [0.25, 0.3) is 5.56 Å². The van der Waals surface area contributed by atoms with E-state index < -0.39 is 0 Å². The van der Waals surface area contributed by atoms with Crippen molar-refractivity contribution in [2.75, 3.05) is 31.2 Å². The lowest BCUT2D eigenvalue weighted by atomic mass is 10.1. The fraction of sp³-hybridized carbons (Fsp3) is 0.250. The van der Waals surface area contributed by atoms with Crippen LogP contribution in [0.25, 0.3) is 22.2 Å². The van der Waals surface area contributed by atoms with Crippen LogP contribution in [0.1, 0.15) is 5.56 Å². The summed E-state index contributed by atoms with van der Waals surface area (Å²) in [4.78, 5) is 19.9. The highest BCUT2D eigenvalue weighted by Gasteiger charge is 2.16. The molecule has 4 heterocycles. The molecule has 1 saturated heterocycles. The topological polar surface area (TPSA) is 52.3 Å². The number of rotatable bonds is 4. The van der Waals surface area contributed by atoms with Crippen molar-refractivity contribution in [3.8, 4) is 11.1 Å². The van der Waals surface area contributed by atoms with Gasteiger partial charge in [-0.05, 0) is 58.0 Å². The van der Waals surface area contributed by atoms with Crippen molar-refractivity contribution in [2.24, 2.45) is 7.05 Å². The highest BCUT2D eigenvalue weighted by atomic mass is 127. The van der Waals surface area contributed by atoms with Crippen LogP contribution in [0.4, 0.5) is 5.69 Å². The zero-order valence-electron chi connectivity index (χ0n) is 17.6. The molecule has 4 aromatic rings. The summed E-state index contributed by atoms with van der Waals surface area (Å²) >= 11 is 8.33. The van der Waals surface area contributed by atoms with Crippen LogP contribution in [0.5, 0.6) is 0 Å². The molecule has 0 saturated carbocycles. The lowest BCUT2D eigenvalue weighted by Gasteiger charge is -2.28. The number of pyridine rings is 2. The first kappa shape index (κ1) is 21.5. The van der Waals surface area contributed by atoms with Crippen LogP contribution < -0.4 is 10.5 Å². The summed E-state index contributed by atoms with van der Waals surface area (Å²) in [5.41, 5.74) is 4.88. The van der Waals surface area contributed by atoms with Crippen molar-refractivity contribution in [3.05, 3.63) is 79.5 Å². The SMILES string of the molecule is Cn1cc(-c2ccn(Cc3ccc(Cl)c(I)c3)c(=O)c2)c2cc(N3CCOCC3)cnc21. The van der Waals surface area contributed by atoms with Gasteiger partial charge >= 0.3 is 0 Å². The number of hydrogen-bond acceptors (Lipinski definition) is 4. The third-order valence-corrected chi connectivity index (χ3v) is 7.36. The molecule has 0 atom stereocenters. The summed E-state index contributed by atoms with van der Waals surface area (Å²) in [5, 5.41) is 1.76. The number of benzene rings is 1. The molecule has 1 aromatic carbocycles. The molecule has 1 aliphatic heterocycles. The number of nitrogens with zero attached hydrogens (tertiary/aromatic N) is 4. The van der Waals surface area contributed by atoms with Crippen LogP contribution in [0.2, 0.25) is 5.02 Å². The zero-order chi connectivity index (χ0) is 22.2. The monoisotopic (exact) mass is 560 g/mol. The van der Waals surface area contributed by atoms with E-state index in [-0.39, 0.29) is 5.56 Å². The second kappa shape index (κ2) is 8.88. The molecule has 0 unspecified atom stereocenters. The summed E-state index contributed by atoms with van der Waals surface area (Å²) in [6.45, 7) is 3.67. The predicted molar refractivity (Wildman–Crippen MR) is 137 cm³/mol. The van der Waals surface area contributed by atoms with Crippen molar-refractivity contribution in [3.63, 3.8) is 0 Å². The van der Waals surface area contributed by atoms with Gasteiger partial charge in [0, 0.05) is 53.1 Å². The Kier molecular flexibility index (Phi) is 5.96. The molecule has 5 rings (SSSR count). The van der Waals surface area contributed by atoms with Crippen molar-refractivity contribution in [1.82, 2.24) is 14.1 Å². The van der Waals surface area contributed by atoms with Crippen LogP contribution in [0, 0.1) is 3.57 Å². The second-order valence-electron chi connectivity index (χ2n) is 7.95. The highest BCUT2D eigenvalue weighted by molar-refractivity contribution is 14.1. The first-order valence-electron chi connectivity index (χ1n) is 10.4. The van der Waals surface area contributed by atoms with Crippen molar-refractivity contribution in [1.29, 1.82) is 0 Å². The van der Waals surface area contributed by atoms with E-state index in [2.05, 4.69) is 33.6 Å². The Morgan fingerprint density at radius 1 is 1.16 bits per heavy atom. The molecular formula is C24H22ClIN4O2. The predicted octanol–water partition coefficient (Wildman–Crippen LogP) is 4.54. The molecule has 0 spiro atoms. The molecule has 0 amide bonds. The van der Waals surface area contributed by atoms with E-state index in [9.17, 15) is 4.79 Å². The van der Waals surface area contributed by atoms with E-state index in [1.807, 2.05) is 54.5 Å². The Morgan fingerprint density at radius 3 is 2.72 bits per heavy atom. The number of aromatic nitrogens is 3. The summed E-state index contributed by atoms with van der Waals surface area (Å²) in [5.74, 6) is 0. The average molecular weight is 561 g/mol. The Labute approximate surface area is 204 Å². The van der Waals surface area contributed by atoms with E-state index in [1.54, 1.807) is 10.6 Å². The van der Waals surface area contributed by atoms with E-state index in [0.717, 1.165) is 68.3 Å². The van der Waals surface area contributed by atoms with E-state index >= 15 is 0 Å². The molecular weight excluding hydrogens is 539 g/mol. The number of aryl methyl sites for hydroxylation is 1. The molecule has 1 fully saturated rings. The molecule has 0 radical (unpaired) electrons. The van der Waals surface area contributed by atoms with Crippen molar-refractivity contribution >= 4 is 50.9 Å². The minimum Gasteiger partial charge on any atom is -0.378 e. The number of ether oxygens (including phenoxy) is 1. The van der Waals surface area contributed by atoms with Gasteiger partial charge in [-0.1, -0.05) is 17.7 Å². The van der Waals surface area contributed by atoms with Gasteiger partial charge < -0.3 is 18.8 Å². The van der Waals surface area contributed by atoms with E-state index in [4.69, 9.17) is 21.3 Å². The average Bonchev–Trinajstić information content (AvgIpc) is 3.14. The molecule has 0 aliphatic carbocycles. The third-order valence-electron chi connectivity index (χ3n) is 5.82. The first-order valence-corrected chi connectivity index (χ1v) is 11.9. The van der Waals surface area contributed by atoms with Gasteiger partial charge in [-0.25, -0.2) is 4.98 Å². The van der Waals surface area contributed by atoms with Gasteiger partial charge in [0.1, 0.15) is 5.65 Å². The van der Waals surface area contributed by atoms with E-state index in [0.29, 0.717) is 6.54 Å². The fourth-order valence-corrected chi connectivity index (χ4v) is 4.81. The van der Waals surface area contributed by atoms with Gasteiger partial charge in [-0.15, -0.1) is 0 Å². The van der Waals surface area contributed by atoms with Crippen molar-refractivity contribution < 1.29 is 4.74 Å². The number of anilines is 1. The largest absolute Gasteiger partial charge is 0.378 e. The van der Waals surface area contributed by atoms with E-state index in [1.165, 1.54) is 0 Å². The molecule has 8 heteroatoms. The lowest BCUT2D eigenvalue weighted by Crippen LogP contribution is -2.36. The Bertz CT molecular complexity index is 1360. The van der Waals surface area contributed by atoms with Crippen LogP contribution in [0.3, 0.4) is 0 Å². The zero-order valence-corrected chi connectivity index (χ0v) is 20.5. The van der Waals surface area contributed by atoms with Crippen LogP contribution in [0.15, 0.2) is 59.8 Å². The fourth-order valence-electron chi connectivity index (χ4n) is 4.12. The number of fused-ring (bicyclic) bond motifs is 1. The highest BCUT2D eigenvalue weighted by Crippen LogP contribution is 2.31. The smallest absolute Gasteiger partial charge is 0.251 e. The quantitative estimate of drug-likeness (QED) is 0.344. The maximum Gasteiger partial charge on any atom is 0.251 e. The minimum absolute atomic E-state index is 0.0400. The number of hydrogen-bond donors (Lipinski definition) is 0. The Hall–Kier alpha value is -2.36. The lowest BCUT2D eigenvalue weighted by molar-refractivity contribution is 0.122. The maximum atomic E-state index is 12.9. The van der Waals surface area contributed by atoms with Gasteiger partial charge in [-0.3, -0.25) is 4.79 Å². The van der Waals surface area contributed by atoms with Crippen LogP contribution in [-0.2, 0) is 18.3 Å². The molecule has 1 aliphatic rings. The Balaban J connectivity index is 1.49. The maximum absolute atomic E-state index is 12.9. The molecule has 164 valence electrons. The second-order valence-corrected chi connectivity index (χ2v) is 9.52. The third kappa shape index (κ3) is 4.16. The molecule has 6 nitrogen and oxygen atoms in total.